The summed E-state index contributed by atoms with van der Waals surface area (Å²) < 4.78 is 26.3. The summed E-state index contributed by atoms with van der Waals surface area (Å²) in [7, 11) is 0. The van der Waals surface area contributed by atoms with Crippen LogP contribution < -0.4 is 5.32 Å². The van der Waals surface area contributed by atoms with Crippen LogP contribution in [-0.2, 0) is 17.6 Å². The average Bonchev–Trinajstić information content (AvgIpc) is 3.07. The number of carbonyl (C=O) groups is 2. The van der Waals surface area contributed by atoms with E-state index in [0.717, 1.165) is 16.5 Å². The van der Waals surface area contributed by atoms with Gasteiger partial charge in [0.05, 0.1) is 0 Å². The second-order valence-corrected chi connectivity index (χ2v) is 8.07. The van der Waals surface area contributed by atoms with Crippen molar-refractivity contribution >= 4 is 22.6 Å². The van der Waals surface area contributed by atoms with Crippen LogP contribution in [0.5, 0.6) is 0 Å². The van der Waals surface area contributed by atoms with E-state index in [0.29, 0.717) is 5.56 Å². The first-order chi connectivity index (χ1) is 13.7. The Morgan fingerprint density at radius 1 is 1.10 bits per heavy atom. The van der Waals surface area contributed by atoms with E-state index in [1.165, 1.54) is 6.20 Å². The van der Waals surface area contributed by atoms with Crippen molar-refractivity contribution in [2.24, 2.45) is 0 Å². The minimum absolute atomic E-state index is 0.0130. The molecule has 0 saturated heterocycles. The van der Waals surface area contributed by atoms with Gasteiger partial charge in [-0.1, -0.05) is 12.1 Å². The Balaban J connectivity index is 1.39. The molecule has 4 rings (SSSR count). The Labute approximate surface area is 166 Å². The molecule has 1 aromatic carbocycles. The first kappa shape index (κ1) is 19.2. The molecule has 2 heterocycles. The van der Waals surface area contributed by atoms with Crippen molar-refractivity contribution in [3.05, 3.63) is 65.6 Å². The largest absolute Gasteiger partial charge is 0.361 e. The third-order valence-electron chi connectivity index (χ3n) is 5.19. The van der Waals surface area contributed by atoms with E-state index in [2.05, 4.69) is 15.3 Å². The summed E-state index contributed by atoms with van der Waals surface area (Å²) in [5.74, 6) is -3.22. The lowest BCUT2D eigenvalue weighted by Crippen LogP contribution is -2.60. The van der Waals surface area contributed by atoms with Crippen molar-refractivity contribution in [2.75, 3.05) is 0 Å². The molecule has 5 nitrogen and oxygen atoms in total. The molecule has 1 aliphatic carbocycles. The number of nitrogens with one attached hydrogen (secondary N) is 2. The summed E-state index contributed by atoms with van der Waals surface area (Å²) in [6, 6.07) is 11.0. The Kier molecular flexibility index (Phi) is 4.68. The zero-order valence-electron chi connectivity index (χ0n) is 16.0. The van der Waals surface area contributed by atoms with E-state index in [9.17, 15) is 18.4 Å². The molecule has 2 N–H and O–H groups in total. The van der Waals surface area contributed by atoms with Crippen molar-refractivity contribution in [3.8, 4) is 0 Å². The average molecular weight is 397 g/mol. The molecule has 1 amide bonds. The number of Topliss-reactive ketones (excluding diaryl/α,β-unsaturated/α-hetero) is 1. The summed E-state index contributed by atoms with van der Waals surface area (Å²) in [5, 5.41) is 3.72. The molecule has 3 aromatic rings. The Bertz CT molecular complexity index is 1080. The first-order valence-electron chi connectivity index (χ1n) is 9.44. The van der Waals surface area contributed by atoms with Gasteiger partial charge in [0.1, 0.15) is 11.5 Å². The fraction of sp³-hybridized carbons (Fsp3) is 0.318. The molecule has 0 unspecified atom stereocenters. The van der Waals surface area contributed by atoms with Crippen LogP contribution in [0.2, 0.25) is 0 Å². The Morgan fingerprint density at radius 3 is 2.55 bits per heavy atom. The Hall–Kier alpha value is -3.09. The molecule has 2 aromatic heterocycles. The van der Waals surface area contributed by atoms with Crippen molar-refractivity contribution in [1.82, 2.24) is 15.3 Å². The number of halogens is 2. The standard InChI is InChI=1S/C22H21F2N3O2/c1-21(12-22(23,24)13-21)27-20(29)19-11-15(4-6-26-19)9-17(28)8-14-2-3-16-5-7-25-18(16)10-14/h2-7,10-11,25H,8-9,12-13H2,1H3,(H,27,29). The van der Waals surface area contributed by atoms with E-state index in [1.807, 2.05) is 30.5 Å². The molecule has 0 aliphatic heterocycles. The second kappa shape index (κ2) is 7.06. The molecule has 150 valence electrons. The molecule has 0 spiro atoms. The normalized spacial score (nSPS) is 16.9. The van der Waals surface area contributed by atoms with Crippen LogP contribution in [-0.4, -0.2) is 33.1 Å². The number of carbonyl (C=O) groups excluding carboxylic acids is 2. The van der Waals surface area contributed by atoms with Crippen LogP contribution in [0.25, 0.3) is 10.9 Å². The van der Waals surface area contributed by atoms with Gasteiger partial charge in [0, 0.05) is 49.1 Å². The monoisotopic (exact) mass is 397 g/mol. The fourth-order valence-electron chi connectivity index (χ4n) is 3.95. The molecular weight excluding hydrogens is 376 g/mol. The number of hydrogen-bond donors (Lipinski definition) is 2. The summed E-state index contributed by atoms with van der Waals surface area (Å²) in [6.07, 6.45) is 3.00. The van der Waals surface area contributed by atoms with Crippen LogP contribution in [0.4, 0.5) is 8.78 Å². The number of amides is 1. The van der Waals surface area contributed by atoms with Crippen LogP contribution in [0, 0.1) is 0 Å². The van der Waals surface area contributed by atoms with E-state index in [1.54, 1.807) is 19.1 Å². The van der Waals surface area contributed by atoms with Gasteiger partial charge >= 0.3 is 0 Å². The fourth-order valence-corrected chi connectivity index (χ4v) is 3.95. The van der Waals surface area contributed by atoms with Crippen molar-refractivity contribution in [2.45, 2.75) is 44.1 Å². The highest BCUT2D eigenvalue weighted by atomic mass is 19.3. The lowest BCUT2D eigenvalue weighted by molar-refractivity contribution is -0.124. The predicted molar refractivity (Wildman–Crippen MR) is 105 cm³/mol. The van der Waals surface area contributed by atoms with Crippen molar-refractivity contribution in [3.63, 3.8) is 0 Å². The SMILES string of the molecule is CC1(NC(=O)c2cc(CC(=O)Cc3ccc4cc[nH]c4c3)ccn2)CC(F)(F)C1. The summed E-state index contributed by atoms with van der Waals surface area (Å²) in [6.45, 7) is 1.59. The summed E-state index contributed by atoms with van der Waals surface area (Å²) >= 11 is 0. The number of benzene rings is 1. The number of hydrogen-bond acceptors (Lipinski definition) is 3. The number of pyridine rings is 1. The minimum Gasteiger partial charge on any atom is -0.361 e. The van der Waals surface area contributed by atoms with Crippen molar-refractivity contribution in [1.29, 1.82) is 0 Å². The molecule has 7 heteroatoms. The molecule has 1 fully saturated rings. The highest BCUT2D eigenvalue weighted by Crippen LogP contribution is 2.45. The van der Waals surface area contributed by atoms with E-state index in [4.69, 9.17) is 0 Å². The van der Waals surface area contributed by atoms with Gasteiger partial charge in [0.2, 0.25) is 0 Å². The maximum Gasteiger partial charge on any atom is 0.270 e. The molecule has 0 bridgehead atoms. The van der Waals surface area contributed by atoms with Gasteiger partial charge in [-0.3, -0.25) is 14.6 Å². The maximum atomic E-state index is 13.1. The highest BCUT2D eigenvalue weighted by Gasteiger charge is 2.54. The number of alkyl halides is 2. The number of ketones is 1. The molecule has 1 aliphatic rings. The third kappa shape index (κ3) is 4.34. The number of nitrogens with zero attached hydrogens (tertiary/aromatic N) is 1. The zero-order valence-corrected chi connectivity index (χ0v) is 16.0. The van der Waals surface area contributed by atoms with Crippen LogP contribution >= 0.6 is 0 Å². The first-order valence-corrected chi connectivity index (χ1v) is 9.44. The lowest BCUT2D eigenvalue weighted by atomic mass is 9.75. The molecule has 29 heavy (non-hydrogen) atoms. The van der Waals surface area contributed by atoms with Gasteiger partial charge in [-0.15, -0.1) is 0 Å². The van der Waals surface area contributed by atoms with E-state index >= 15 is 0 Å². The van der Waals surface area contributed by atoms with Crippen LogP contribution in [0.3, 0.4) is 0 Å². The zero-order chi connectivity index (χ0) is 20.6. The van der Waals surface area contributed by atoms with Crippen molar-refractivity contribution < 1.29 is 18.4 Å². The van der Waals surface area contributed by atoms with Gasteiger partial charge in [0.15, 0.2) is 0 Å². The highest BCUT2D eigenvalue weighted by molar-refractivity contribution is 5.93. The Morgan fingerprint density at radius 2 is 1.83 bits per heavy atom. The van der Waals surface area contributed by atoms with E-state index in [-0.39, 0.29) is 37.2 Å². The number of H-pyrrole nitrogens is 1. The van der Waals surface area contributed by atoms with Gasteiger partial charge in [0.25, 0.3) is 11.8 Å². The third-order valence-corrected chi connectivity index (χ3v) is 5.19. The minimum atomic E-state index is -2.73. The molecule has 0 radical (unpaired) electrons. The maximum absolute atomic E-state index is 13.1. The number of aromatic amines is 1. The summed E-state index contributed by atoms with van der Waals surface area (Å²) in [4.78, 5) is 32.0. The number of aromatic nitrogens is 2. The van der Waals surface area contributed by atoms with Crippen LogP contribution in [0.1, 0.15) is 41.4 Å². The van der Waals surface area contributed by atoms with Crippen LogP contribution in [0.15, 0.2) is 48.8 Å². The van der Waals surface area contributed by atoms with Gasteiger partial charge in [-0.05, 0) is 47.7 Å². The summed E-state index contributed by atoms with van der Waals surface area (Å²) in [5.41, 5.74) is 1.76. The second-order valence-electron chi connectivity index (χ2n) is 8.07. The van der Waals surface area contributed by atoms with Gasteiger partial charge in [-0.2, -0.15) is 0 Å². The number of rotatable bonds is 6. The molecular formula is C22H21F2N3O2. The predicted octanol–water partition coefficient (Wildman–Crippen LogP) is 3.83. The molecule has 0 atom stereocenters. The van der Waals surface area contributed by atoms with Gasteiger partial charge in [-0.25, -0.2) is 8.78 Å². The van der Waals surface area contributed by atoms with Gasteiger partial charge < -0.3 is 10.3 Å². The quantitative estimate of drug-likeness (QED) is 0.664. The van der Waals surface area contributed by atoms with E-state index < -0.39 is 17.4 Å². The lowest BCUT2D eigenvalue weighted by Gasteiger charge is -2.45. The smallest absolute Gasteiger partial charge is 0.270 e. The number of fused-ring (bicyclic) bond motifs is 1. The topological polar surface area (TPSA) is 74.8 Å². The molecule has 1 saturated carbocycles.